The lowest BCUT2D eigenvalue weighted by Gasteiger charge is -2.40. The summed E-state index contributed by atoms with van der Waals surface area (Å²) < 4.78 is 37.8. The maximum absolute atomic E-state index is 13.8. The molecule has 2 aliphatic rings. The van der Waals surface area contributed by atoms with E-state index in [4.69, 9.17) is 9.15 Å². The van der Waals surface area contributed by atoms with Gasteiger partial charge in [-0.3, -0.25) is 4.79 Å². The third-order valence-corrected chi connectivity index (χ3v) is 6.28. The molecule has 2 N–H and O–H groups in total. The van der Waals surface area contributed by atoms with Crippen LogP contribution in [0.1, 0.15) is 12.8 Å². The average molecular weight is 486 g/mol. The summed E-state index contributed by atoms with van der Waals surface area (Å²) in [6, 6.07) is 6.24. The molecule has 0 aliphatic carbocycles. The van der Waals surface area contributed by atoms with Gasteiger partial charge >= 0.3 is 5.63 Å². The molecule has 1 saturated heterocycles. The highest BCUT2D eigenvalue weighted by molar-refractivity contribution is 5.98. The van der Waals surface area contributed by atoms with Crippen molar-refractivity contribution < 1.29 is 27.8 Å². The van der Waals surface area contributed by atoms with Crippen molar-refractivity contribution in [3.8, 4) is 5.88 Å². The summed E-state index contributed by atoms with van der Waals surface area (Å²) in [6.07, 6.45) is 1.59. The SMILES string of the molecule is O=C1COc2ncc(F)cc2N1C1CCN(CC(O)CNc2cc(=O)oc3ccc(F)cc23)CC1. The lowest BCUT2D eigenvalue weighted by Crippen LogP contribution is -2.52. The molecule has 1 atom stereocenters. The van der Waals surface area contributed by atoms with E-state index in [-0.39, 0.29) is 36.6 Å². The minimum absolute atomic E-state index is 0.120. The zero-order valence-electron chi connectivity index (χ0n) is 18.7. The number of anilines is 2. The van der Waals surface area contributed by atoms with E-state index in [0.29, 0.717) is 49.2 Å². The normalized spacial score (nSPS) is 17.8. The number of hydrogen-bond acceptors (Lipinski definition) is 8. The number of pyridine rings is 1. The maximum Gasteiger partial charge on any atom is 0.338 e. The number of piperidine rings is 1. The number of β-amino-alcohol motifs (C(OH)–C–C–N with tert-alkyl or cyclic N) is 1. The van der Waals surface area contributed by atoms with Crippen molar-refractivity contribution in [3.63, 3.8) is 0 Å². The number of likely N-dealkylation sites (tertiary alicyclic amines) is 1. The molecule has 1 fully saturated rings. The van der Waals surface area contributed by atoms with Crippen molar-refractivity contribution in [1.29, 1.82) is 0 Å². The topological polar surface area (TPSA) is 108 Å². The van der Waals surface area contributed by atoms with Gasteiger partial charge in [0.1, 0.15) is 22.9 Å². The minimum atomic E-state index is -0.758. The summed E-state index contributed by atoms with van der Waals surface area (Å²) in [5, 5.41) is 14.0. The smallest absolute Gasteiger partial charge is 0.338 e. The fraction of sp³-hybridized carbons (Fsp3) is 0.375. The first-order valence-corrected chi connectivity index (χ1v) is 11.4. The molecule has 0 saturated carbocycles. The van der Waals surface area contributed by atoms with Gasteiger partial charge < -0.3 is 29.4 Å². The molecule has 0 radical (unpaired) electrons. The Bertz CT molecular complexity index is 1310. The Morgan fingerprint density at radius 1 is 1.14 bits per heavy atom. The highest BCUT2D eigenvalue weighted by Crippen LogP contribution is 2.34. The molecule has 5 rings (SSSR count). The van der Waals surface area contributed by atoms with Crippen LogP contribution >= 0.6 is 0 Å². The van der Waals surface area contributed by atoms with Gasteiger partial charge in [0.15, 0.2) is 6.61 Å². The fourth-order valence-electron chi connectivity index (χ4n) is 4.67. The van der Waals surface area contributed by atoms with E-state index in [2.05, 4.69) is 15.2 Å². The number of benzene rings is 1. The lowest BCUT2D eigenvalue weighted by molar-refractivity contribution is -0.122. The van der Waals surface area contributed by atoms with Gasteiger partial charge in [0.05, 0.1) is 18.0 Å². The number of nitrogens with zero attached hydrogens (tertiary/aromatic N) is 3. The second-order valence-electron chi connectivity index (χ2n) is 8.72. The average Bonchev–Trinajstić information content (AvgIpc) is 2.83. The molecule has 1 aromatic carbocycles. The number of halogens is 2. The first-order chi connectivity index (χ1) is 16.9. The predicted molar refractivity (Wildman–Crippen MR) is 124 cm³/mol. The maximum atomic E-state index is 13.8. The zero-order valence-corrected chi connectivity index (χ0v) is 18.7. The Labute approximate surface area is 198 Å². The van der Waals surface area contributed by atoms with Crippen molar-refractivity contribution in [2.75, 3.05) is 43.0 Å². The molecule has 1 unspecified atom stereocenters. The monoisotopic (exact) mass is 486 g/mol. The molecule has 4 heterocycles. The molecule has 3 aromatic rings. The minimum Gasteiger partial charge on any atom is -0.466 e. The standard InChI is InChI=1S/C24H24F2N4O5/c25-14-1-2-21-18(7-14)19(9-23(33)35-21)27-11-17(31)12-29-5-3-16(4-6-29)30-20-8-15(26)10-28-24(20)34-13-22(30)32/h1-2,7-10,16-17,27,31H,3-6,11-13H2. The van der Waals surface area contributed by atoms with E-state index in [1.807, 2.05) is 0 Å². The van der Waals surface area contributed by atoms with E-state index in [9.17, 15) is 23.5 Å². The molecule has 184 valence electrons. The summed E-state index contributed by atoms with van der Waals surface area (Å²) in [4.78, 5) is 31.9. The number of aromatic nitrogens is 1. The number of amides is 1. The van der Waals surface area contributed by atoms with Gasteiger partial charge in [0.25, 0.3) is 5.91 Å². The summed E-state index contributed by atoms with van der Waals surface area (Å²) in [6.45, 7) is 1.65. The Morgan fingerprint density at radius 3 is 2.74 bits per heavy atom. The zero-order chi connectivity index (χ0) is 24.5. The number of ether oxygens (including phenoxy) is 1. The van der Waals surface area contributed by atoms with Crippen LogP contribution in [-0.2, 0) is 4.79 Å². The Balaban J connectivity index is 1.18. The fourth-order valence-corrected chi connectivity index (χ4v) is 4.67. The van der Waals surface area contributed by atoms with Crippen LogP contribution in [0.15, 0.2) is 45.7 Å². The number of fused-ring (bicyclic) bond motifs is 2. The van der Waals surface area contributed by atoms with Crippen molar-refractivity contribution in [2.45, 2.75) is 25.0 Å². The van der Waals surface area contributed by atoms with E-state index < -0.39 is 23.4 Å². The van der Waals surface area contributed by atoms with E-state index in [1.54, 1.807) is 4.90 Å². The number of hydrogen-bond donors (Lipinski definition) is 2. The number of nitrogens with one attached hydrogen (secondary N) is 1. The van der Waals surface area contributed by atoms with Crippen LogP contribution in [0.25, 0.3) is 11.0 Å². The second kappa shape index (κ2) is 9.59. The molecule has 35 heavy (non-hydrogen) atoms. The summed E-state index contributed by atoms with van der Waals surface area (Å²) >= 11 is 0. The summed E-state index contributed by atoms with van der Waals surface area (Å²) in [5.41, 5.74) is 0.420. The van der Waals surface area contributed by atoms with Crippen LogP contribution in [0.2, 0.25) is 0 Å². The molecular weight excluding hydrogens is 462 g/mol. The molecule has 2 aromatic heterocycles. The van der Waals surface area contributed by atoms with Crippen molar-refractivity contribution in [3.05, 3.63) is 58.6 Å². The third kappa shape index (κ3) is 4.96. The largest absolute Gasteiger partial charge is 0.466 e. The quantitative estimate of drug-likeness (QED) is 0.511. The van der Waals surface area contributed by atoms with Gasteiger partial charge in [-0.25, -0.2) is 18.6 Å². The van der Waals surface area contributed by atoms with E-state index >= 15 is 0 Å². The van der Waals surface area contributed by atoms with E-state index in [1.165, 1.54) is 30.3 Å². The van der Waals surface area contributed by atoms with Crippen LogP contribution in [0.5, 0.6) is 5.88 Å². The third-order valence-electron chi connectivity index (χ3n) is 6.28. The van der Waals surface area contributed by atoms with Crippen LogP contribution in [0, 0.1) is 11.6 Å². The number of aliphatic hydroxyl groups excluding tert-OH is 1. The van der Waals surface area contributed by atoms with Crippen LogP contribution in [0.4, 0.5) is 20.2 Å². The molecule has 0 bridgehead atoms. The highest BCUT2D eigenvalue weighted by atomic mass is 19.1. The van der Waals surface area contributed by atoms with Gasteiger partial charge in [0, 0.05) is 49.7 Å². The second-order valence-corrected chi connectivity index (χ2v) is 8.72. The van der Waals surface area contributed by atoms with Crippen molar-refractivity contribution in [1.82, 2.24) is 9.88 Å². The van der Waals surface area contributed by atoms with E-state index in [0.717, 1.165) is 6.20 Å². The number of carbonyl (C=O) groups excluding carboxylic acids is 1. The molecule has 11 heteroatoms. The molecule has 1 amide bonds. The number of aliphatic hydroxyl groups is 1. The lowest BCUT2D eigenvalue weighted by atomic mass is 10.0. The van der Waals surface area contributed by atoms with Gasteiger partial charge in [-0.05, 0) is 31.0 Å². The first-order valence-electron chi connectivity index (χ1n) is 11.4. The van der Waals surface area contributed by atoms with Gasteiger partial charge in [-0.2, -0.15) is 0 Å². The molecular formula is C24H24F2N4O5. The Hall–Kier alpha value is -3.57. The van der Waals surface area contributed by atoms with Crippen LogP contribution < -0.4 is 20.6 Å². The van der Waals surface area contributed by atoms with Gasteiger partial charge in [0.2, 0.25) is 5.88 Å². The Morgan fingerprint density at radius 2 is 1.94 bits per heavy atom. The number of carbonyl (C=O) groups is 1. The van der Waals surface area contributed by atoms with Crippen LogP contribution in [0.3, 0.4) is 0 Å². The van der Waals surface area contributed by atoms with Crippen LogP contribution in [-0.4, -0.2) is 65.8 Å². The summed E-state index contributed by atoms with van der Waals surface area (Å²) in [7, 11) is 0. The van der Waals surface area contributed by atoms with Gasteiger partial charge in [-0.1, -0.05) is 0 Å². The first kappa shape index (κ1) is 23.2. The van der Waals surface area contributed by atoms with Crippen molar-refractivity contribution in [2.24, 2.45) is 0 Å². The highest BCUT2D eigenvalue weighted by Gasteiger charge is 2.35. The molecule has 9 nitrogen and oxygen atoms in total. The predicted octanol–water partition coefficient (Wildman–Crippen LogP) is 2.13. The molecule has 2 aliphatic heterocycles. The summed E-state index contributed by atoms with van der Waals surface area (Å²) in [5.74, 6) is -0.981. The van der Waals surface area contributed by atoms with Crippen molar-refractivity contribution >= 4 is 28.3 Å². The number of rotatable bonds is 6. The molecule has 0 spiro atoms. The Kier molecular flexibility index (Phi) is 6.35. The van der Waals surface area contributed by atoms with Gasteiger partial charge in [-0.15, -0.1) is 0 Å².